The predicted octanol–water partition coefficient (Wildman–Crippen LogP) is 6.05. The fraction of sp³-hybridized carbons (Fsp3) is 0.419. The molecule has 1 aliphatic heterocycles. The zero-order valence-electron chi connectivity index (χ0n) is 21.8. The van der Waals surface area contributed by atoms with Gasteiger partial charge in [0.15, 0.2) is 11.5 Å². The van der Waals surface area contributed by atoms with Crippen LogP contribution in [0, 0.1) is 0 Å². The fourth-order valence-electron chi connectivity index (χ4n) is 5.05. The van der Waals surface area contributed by atoms with Crippen LogP contribution in [-0.4, -0.2) is 63.4 Å². The van der Waals surface area contributed by atoms with Crippen LogP contribution in [0.3, 0.4) is 0 Å². The van der Waals surface area contributed by atoms with E-state index in [1.807, 2.05) is 18.2 Å². The highest BCUT2D eigenvalue weighted by molar-refractivity contribution is 5.51. The summed E-state index contributed by atoms with van der Waals surface area (Å²) >= 11 is 0. The van der Waals surface area contributed by atoms with E-state index in [9.17, 15) is 0 Å². The maximum atomic E-state index is 5.99. The van der Waals surface area contributed by atoms with Crippen molar-refractivity contribution in [1.29, 1.82) is 0 Å². The second-order valence-electron chi connectivity index (χ2n) is 9.36. The monoisotopic (exact) mass is 488 g/mol. The number of piperazine rings is 1. The normalized spacial score (nSPS) is 14.6. The Labute approximate surface area is 216 Å². The summed E-state index contributed by atoms with van der Waals surface area (Å²) in [7, 11) is 3.32. The lowest BCUT2D eigenvalue weighted by Gasteiger charge is -2.39. The minimum absolute atomic E-state index is 0.330. The molecule has 0 bridgehead atoms. The van der Waals surface area contributed by atoms with Gasteiger partial charge in [-0.2, -0.15) is 0 Å². The van der Waals surface area contributed by atoms with Gasteiger partial charge in [-0.3, -0.25) is 4.90 Å². The second kappa shape index (κ2) is 13.9. The number of benzene rings is 3. The van der Waals surface area contributed by atoms with Crippen molar-refractivity contribution in [2.24, 2.45) is 0 Å². The van der Waals surface area contributed by atoms with Crippen molar-refractivity contribution in [1.82, 2.24) is 9.80 Å². The number of hydrogen-bond donors (Lipinski definition) is 0. The van der Waals surface area contributed by atoms with Gasteiger partial charge in [-0.25, -0.2) is 0 Å². The van der Waals surface area contributed by atoms with Gasteiger partial charge in [0.2, 0.25) is 5.75 Å². The van der Waals surface area contributed by atoms with Crippen LogP contribution < -0.4 is 14.2 Å². The molecule has 3 aromatic carbocycles. The largest absolute Gasteiger partial charge is 0.493 e. The number of para-hydroxylation sites is 1. The molecule has 0 aromatic heterocycles. The average Bonchev–Trinajstić information content (AvgIpc) is 2.94. The molecule has 0 saturated carbocycles. The van der Waals surface area contributed by atoms with Crippen molar-refractivity contribution in [2.75, 3.05) is 53.6 Å². The van der Waals surface area contributed by atoms with Crippen LogP contribution in [0.1, 0.15) is 42.9 Å². The van der Waals surface area contributed by atoms with Crippen molar-refractivity contribution in [3.05, 3.63) is 90.0 Å². The second-order valence-corrected chi connectivity index (χ2v) is 9.36. The maximum absolute atomic E-state index is 5.99. The summed E-state index contributed by atoms with van der Waals surface area (Å²) in [5.41, 5.74) is 2.76. The molecule has 0 amide bonds. The van der Waals surface area contributed by atoms with Crippen LogP contribution in [-0.2, 0) is 0 Å². The van der Waals surface area contributed by atoms with Crippen LogP contribution in [0.4, 0.5) is 0 Å². The van der Waals surface area contributed by atoms with Crippen LogP contribution >= 0.6 is 0 Å². The van der Waals surface area contributed by atoms with E-state index in [0.29, 0.717) is 18.4 Å². The van der Waals surface area contributed by atoms with Crippen molar-refractivity contribution in [3.63, 3.8) is 0 Å². The number of methoxy groups -OCH3 is 2. The summed E-state index contributed by atoms with van der Waals surface area (Å²) in [6.07, 6.45) is 4.66. The van der Waals surface area contributed by atoms with Crippen LogP contribution in [0.25, 0.3) is 0 Å². The highest BCUT2D eigenvalue weighted by atomic mass is 16.5. The number of nitrogens with zero attached hydrogens (tertiary/aromatic N) is 2. The van der Waals surface area contributed by atoms with E-state index >= 15 is 0 Å². The van der Waals surface area contributed by atoms with Gasteiger partial charge in [-0.15, -0.1) is 0 Å². The number of rotatable bonds is 13. The smallest absolute Gasteiger partial charge is 0.203 e. The van der Waals surface area contributed by atoms with Gasteiger partial charge in [-0.05, 0) is 42.6 Å². The molecule has 3 aromatic rings. The van der Waals surface area contributed by atoms with E-state index in [0.717, 1.165) is 44.1 Å². The molecule has 0 aliphatic carbocycles. The standard InChI is InChI=1S/C31H40N2O3/c1-34-28-18-13-19-29(35-2)31(28)36-25-12-4-3-11-20-32-21-23-33(24-22-32)30(26-14-7-5-8-15-26)27-16-9-6-10-17-27/h5-10,13-19,30H,3-4,11-12,20-25H2,1-2H3. The molecule has 192 valence electrons. The maximum Gasteiger partial charge on any atom is 0.203 e. The molecule has 0 atom stereocenters. The summed E-state index contributed by atoms with van der Waals surface area (Å²) in [5.74, 6) is 2.13. The van der Waals surface area contributed by atoms with E-state index in [2.05, 4.69) is 70.5 Å². The van der Waals surface area contributed by atoms with Crippen LogP contribution in [0.5, 0.6) is 17.2 Å². The Balaban J connectivity index is 1.17. The molecule has 0 spiro atoms. The number of unbranched alkanes of at least 4 members (excludes halogenated alkanes) is 3. The van der Waals surface area contributed by atoms with Crippen LogP contribution in [0.2, 0.25) is 0 Å². The fourth-order valence-corrected chi connectivity index (χ4v) is 5.05. The molecule has 0 radical (unpaired) electrons. The summed E-state index contributed by atoms with van der Waals surface area (Å²) < 4.78 is 16.8. The summed E-state index contributed by atoms with van der Waals surface area (Å²) in [6, 6.07) is 27.9. The Morgan fingerprint density at radius 1 is 0.639 bits per heavy atom. The Kier molecular flexibility index (Phi) is 10.1. The minimum Gasteiger partial charge on any atom is -0.493 e. The molecule has 1 saturated heterocycles. The third-order valence-electron chi connectivity index (χ3n) is 7.00. The molecular weight excluding hydrogens is 448 g/mol. The highest BCUT2D eigenvalue weighted by Gasteiger charge is 2.26. The molecule has 0 N–H and O–H groups in total. The lowest BCUT2D eigenvalue weighted by Crippen LogP contribution is -2.48. The Hall–Kier alpha value is -3.02. The first kappa shape index (κ1) is 26.1. The first-order valence-electron chi connectivity index (χ1n) is 13.2. The van der Waals surface area contributed by atoms with E-state index in [1.54, 1.807) is 14.2 Å². The zero-order chi connectivity index (χ0) is 25.0. The van der Waals surface area contributed by atoms with Crippen LogP contribution in [0.15, 0.2) is 78.9 Å². The number of ether oxygens (including phenoxy) is 3. The SMILES string of the molecule is COc1cccc(OC)c1OCCCCCCN1CCN(C(c2ccccc2)c2ccccc2)CC1. The van der Waals surface area contributed by atoms with Gasteiger partial charge in [0.25, 0.3) is 0 Å². The quantitative estimate of drug-likeness (QED) is 0.274. The van der Waals surface area contributed by atoms with Gasteiger partial charge in [-0.1, -0.05) is 79.6 Å². The number of hydrogen-bond acceptors (Lipinski definition) is 5. The zero-order valence-corrected chi connectivity index (χ0v) is 21.8. The molecule has 1 heterocycles. The molecule has 4 rings (SSSR count). The summed E-state index contributed by atoms with van der Waals surface area (Å²) in [5, 5.41) is 0. The summed E-state index contributed by atoms with van der Waals surface area (Å²) in [4.78, 5) is 5.27. The highest BCUT2D eigenvalue weighted by Crippen LogP contribution is 2.36. The van der Waals surface area contributed by atoms with Gasteiger partial charge in [0.05, 0.1) is 26.9 Å². The average molecular weight is 489 g/mol. The van der Waals surface area contributed by atoms with E-state index in [4.69, 9.17) is 14.2 Å². The molecule has 5 heteroatoms. The third-order valence-corrected chi connectivity index (χ3v) is 7.00. The molecule has 1 aliphatic rings. The Morgan fingerprint density at radius 3 is 1.75 bits per heavy atom. The first-order chi connectivity index (χ1) is 17.8. The predicted molar refractivity (Wildman–Crippen MR) is 146 cm³/mol. The first-order valence-corrected chi connectivity index (χ1v) is 13.2. The Bertz CT molecular complexity index is 959. The van der Waals surface area contributed by atoms with E-state index < -0.39 is 0 Å². The lowest BCUT2D eigenvalue weighted by molar-refractivity contribution is 0.108. The van der Waals surface area contributed by atoms with E-state index in [1.165, 1.54) is 36.9 Å². The Morgan fingerprint density at radius 2 is 1.19 bits per heavy atom. The molecular formula is C31H40N2O3. The summed E-state index contributed by atoms with van der Waals surface area (Å²) in [6.45, 7) is 6.32. The minimum atomic E-state index is 0.330. The molecule has 5 nitrogen and oxygen atoms in total. The molecule has 0 unspecified atom stereocenters. The lowest BCUT2D eigenvalue weighted by atomic mass is 9.96. The van der Waals surface area contributed by atoms with Crippen molar-refractivity contribution < 1.29 is 14.2 Å². The molecule has 1 fully saturated rings. The third kappa shape index (κ3) is 7.02. The van der Waals surface area contributed by atoms with Crippen molar-refractivity contribution in [2.45, 2.75) is 31.7 Å². The molecule has 36 heavy (non-hydrogen) atoms. The van der Waals surface area contributed by atoms with Gasteiger partial charge in [0.1, 0.15) is 0 Å². The van der Waals surface area contributed by atoms with E-state index in [-0.39, 0.29) is 0 Å². The van der Waals surface area contributed by atoms with Gasteiger partial charge in [0, 0.05) is 26.2 Å². The van der Waals surface area contributed by atoms with Gasteiger partial charge >= 0.3 is 0 Å². The topological polar surface area (TPSA) is 34.2 Å². The van der Waals surface area contributed by atoms with Crippen molar-refractivity contribution >= 4 is 0 Å². The van der Waals surface area contributed by atoms with Crippen molar-refractivity contribution in [3.8, 4) is 17.2 Å². The van der Waals surface area contributed by atoms with Gasteiger partial charge < -0.3 is 19.1 Å².